The van der Waals surface area contributed by atoms with Gasteiger partial charge in [0, 0.05) is 5.39 Å². The molecule has 1 aliphatic heterocycles. The Kier molecular flexibility index (Phi) is 3.20. The Balaban J connectivity index is 1.79. The number of anilines is 2. The van der Waals surface area contributed by atoms with Crippen LogP contribution in [0.1, 0.15) is 10.6 Å². The fraction of sp³-hybridized carbons (Fsp3) is 0.0588. The van der Waals surface area contributed by atoms with Crippen LogP contribution < -0.4 is 10.2 Å². The van der Waals surface area contributed by atoms with Crippen LogP contribution in [-0.2, 0) is 4.79 Å². The van der Waals surface area contributed by atoms with Crippen LogP contribution in [0.15, 0.2) is 57.4 Å². The van der Waals surface area contributed by atoms with Gasteiger partial charge in [0.2, 0.25) is 5.91 Å². The molecule has 1 aliphatic rings. The lowest BCUT2D eigenvalue weighted by Crippen LogP contribution is -2.42. The average molecular weight is 371 g/mol. The monoisotopic (exact) mass is 370 g/mol. The number of rotatable bonds is 1. The molecule has 2 amide bonds. The highest BCUT2D eigenvalue weighted by Crippen LogP contribution is 2.32. The van der Waals surface area contributed by atoms with Gasteiger partial charge in [0.1, 0.15) is 12.1 Å². The average Bonchev–Trinajstić information content (AvgIpc) is 2.99. The van der Waals surface area contributed by atoms with Gasteiger partial charge in [-0.05, 0) is 40.2 Å². The molecule has 0 spiro atoms. The van der Waals surface area contributed by atoms with E-state index in [9.17, 15) is 9.59 Å². The molecular formula is C17H11BrN2O3. The van der Waals surface area contributed by atoms with Gasteiger partial charge in [0.15, 0.2) is 5.76 Å². The van der Waals surface area contributed by atoms with Crippen molar-refractivity contribution < 1.29 is 14.0 Å². The molecule has 2 heterocycles. The zero-order valence-corrected chi connectivity index (χ0v) is 13.5. The van der Waals surface area contributed by atoms with Crippen LogP contribution in [0.5, 0.6) is 0 Å². The quantitative estimate of drug-likeness (QED) is 0.708. The van der Waals surface area contributed by atoms with Gasteiger partial charge in [-0.3, -0.25) is 14.5 Å². The first kappa shape index (κ1) is 14.0. The maximum atomic E-state index is 12.8. The van der Waals surface area contributed by atoms with E-state index in [1.165, 1.54) is 4.90 Å². The van der Waals surface area contributed by atoms with Crippen molar-refractivity contribution in [2.24, 2.45) is 0 Å². The summed E-state index contributed by atoms with van der Waals surface area (Å²) >= 11 is 3.41. The predicted molar refractivity (Wildman–Crippen MR) is 90.7 cm³/mol. The van der Waals surface area contributed by atoms with Crippen molar-refractivity contribution in [3.63, 3.8) is 0 Å². The minimum absolute atomic E-state index is 0.0337. The fourth-order valence-electron chi connectivity index (χ4n) is 2.68. The second kappa shape index (κ2) is 5.24. The van der Waals surface area contributed by atoms with Crippen LogP contribution in [0.4, 0.5) is 11.4 Å². The predicted octanol–water partition coefficient (Wildman–Crippen LogP) is 3.79. The molecule has 0 bridgehead atoms. The number of nitrogens with zero attached hydrogens (tertiary/aromatic N) is 1. The number of halogens is 1. The molecule has 1 N–H and O–H groups in total. The number of fused-ring (bicyclic) bond motifs is 2. The van der Waals surface area contributed by atoms with Gasteiger partial charge in [-0.1, -0.05) is 24.3 Å². The van der Waals surface area contributed by atoms with Crippen molar-refractivity contribution in [1.82, 2.24) is 0 Å². The van der Waals surface area contributed by atoms with E-state index in [-0.39, 0.29) is 24.1 Å². The molecular weight excluding hydrogens is 360 g/mol. The van der Waals surface area contributed by atoms with Crippen LogP contribution in [0.2, 0.25) is 0 Å². The Morgan fingerprint density at radius 2 is 2.00 bits per heavy atom. The molecule has 0 radical (unpaired) electrons. The Labute approximate surface area is 140 Å². The third-order valence-corrected chi connectivity index (χ3v) is 4.35. The number of nitrogens with one attached hydrogen (secondary N) is 1. The summed E-state index contributed by atoms with van der Waals surface area (Å²) in [7, 11) is 0. The largest absolute Gasteiger partial charge is 0.450 e. The van der Waals surface area contributed by atoms with Gasteiger partial charge in [-0.15, -0.1) is 0 Å². The maximum absolute atomic E-state index is 12.8. The zero-order valence-electron chi connectivity index (χ0n) is 11.9. The summed E-state index contributed by atoms with van der Waals surface area (Å²) in [5.41, 5.74) is 1.90. The number of furan rings is 1. The van der Waals surface area contributed by atoms with Gasteiger partial charge in [0.05, 0.1) is 15.8 Å². The number of benzene rings is 2. The Bertz CT molecular complexity index is 948. The number of carbonyl (C=O) groups excluding carboxylic acids is 2. The Hall–Kier alpha value is -2.60. The van der Waals surface area contributed by atoms with E-state index in [4.69, 9.17) is 4.42 Å². The van der Waals surface area contributed by atoms with E-state index in [2.05, 4.69) is 21.2 Å². The molecule has 4 rings (SSSR count). The van der Waals surface area contributed by atoms with E-state index >= 15 is 0 Å². The summed E-state index contributed by atoms with van der Waals surface area (Å²) in [4.78, 5) is 26.1. The van der Waals surface area contributed by atoms with Gasteiger partial charge < -0.3 is 9.73 Å². The van der Waals surface area contributed by atoms with Crippen LogP contribution in [0, 0.1) is 0 Å². The summed E-state index contributed by atoms with van der Waals surface area (Å²) in [5, 5.41) is 3.59. The highest BCUT2D eigenvalue weighted by Gasteiger charge is 2.29. The lowest BCUT2D eigenvalue weighted by atomic mass is 10.2. The number of hydrogen-bond donors (Lipinski definition) is 1. The van der Waals surface area contributed by atoms with Crippen molar-refractivity contribution in [2.75, 3.05) is 16.8 Å². The van der Waals surface area contributed by atoms with E-state index < -0.39 is 0 Å². The number of carbonyl (C=O) groups is 2. The summed E-state index contributed by atoms with van der Waals surface area (Å²) in [6.07, 6.45) is 0. The molecule has 23 heavy (non-hydrogen) atoms. The van der Waals surface area contributed by atoms with Gasteiger partial charge in [0.25, 0.3) is 5.91 Å². The summed E-state index contributed by atoms with van der Waals surface area (Å²) in [6, 6.07) is 14.5. The number of amides is 2. The molecule has 114 valence electrons. The van der Waals surface area contributed by atoms with Crippen LogP contribution in [0.25, 0.3) is 11.0 Å². The normalized spacial score (nSPS) is 13.8. The molecule has 0 atom stereocenters. The number of para-hydroxylation sites is 3. The number of hydrogen-bond acceptors (Lipinski definition) is 3. The van der Waals surface area contributed by atoms with Crippen LogP contribution in [-0.4, -0.2) is 18.4 Å². The Morgan fingerprint density at radius 1 is 1.17 bits per heavy atom. The second-order valence-electron chi connectivity index (χ2n) is 5.23. The smallest absolute Gasteiger partial charge is 0.294 e. The third kappa shape index (κ3) is 2.31. The standard InChI is InChI=1S/C17H11BrN2O3/c18-11-5-3-4-10-8-14(23-16(10)11)17(22)20-9-15(21)19-12-6-1-2-7-13(12)20/h1-8H,9H2,(H,19,21). The first-order chi connectivity index (χ1) is 11.1. The van der Waals surface area contributed by atoms with Crippen molar-refractivity contribution in [1.29, 1.82) is 0 Å². The second-order valence-corrected chi connectivity index (χ2v) is 6.08. The third-order valence-electron chi connectivity index (χ3n) is 3.72. The molecule has 0 fully saturated rings. The molecule has 0 saturated carbocycles. The van der Waals surface area contributed by atoms with Gasteiger partial charge in [-0.2, -0.15) is 0 Å². The molecule has 2 aromatic carbocycles. The highest BCUT2D eigenvalue weighted by atomic mass is 79.9. The minimum atomic E-state index is -0.338. The first-order valence-electron chi connectivity index (χ1n) is 7.02. The fourth-order valence-corrected chi connectivity index (χ4v) is 3.14. The maximum Gasteiger partial charge on any atom is 0.294 e. The molecule has 0 saturated heterocycles. The van der Waals surface area contributed by atoms with Crippen molar-refractivity contribution in [3.8, 4) is 0 Å². The lowest BCUT2D eigenvalue weighted by Gasteiger charge is -2.28. The van der Waals surface area contributed by atoms with E-state index in [1.807, 2.05) is 30.3 Å². The van der Waals surface area contributed by atoms with Crippen molar-refractivity contribution >= 4 is 50.1 Å². The zero-order chi connectivity index (χ0) is 16.0. The van der Waals surface area contributed by atoms with Crippen molar-refractivity contribution in [2.45, 2.75) is 0 Å². The van der Waals surface area contributed by atoms with E-state index in [0.29, 0.717) is 17.0 Å². The topological polar surface area (TPSA) is 62.6 Å². The Morgan fingerprint density at radius 3 is 2.83 bits per heavy atom. The van der Waals surface area contributed by atoms with Crippen LogP contribution in [0.3, 0.4) is 0 Å². The van der Waals surface area contributed by atoms with Crippen molar-refractivity contribution in [3.05, 3.63) is 58.8 Å². The summed E-state index contributed by atoms with van der Waals surface area (Å²) < 4.78 is 6.48. The summed E-state index contributed by atoms with van der Waals surface area (Å²) in [6.45, 7) is -0.0337. The molecule has 1 aromatic heterocycles. The molecule has 5 nitrogen and oxygen atoms in total. The highest BCUT2D eigenvalue weighted by molar-refractivity contribution is 9.10. The summed E-state index contributed by atoms with van der Waals surface area (Å²) in [5.74, 6) is -0.360. The van der Waals surface area contributed by atoms with E-state index in [1.54, 1.807) is 18.2 Å². The van der Waals surface area contributed by atoms with Crippen LogP contribution >= 0.6 is 15.9 Å². The van der Waals surface area contributed by atoms with Gasteiger partial charge in [-0.25, -0.2) is 0 Å². The van der Waals surface area contributed by atoms with Gasteiger partial charge >= 0.3 is 0 Å². The lowest BCUT2D eigenvalue weighted by molar-refractivity contribution is -0.115. The molecule has 3 aromatic rings. The molecule has 6 heteroatoms. The molecule has 0 aliphatic carbocycles. The minimum Gasteiger partial charge on any atom is -0.450 e. The van der Waals surface area contributed by atoms with E-state index in [0.717, 1.165) is 9.86 Å². The molecule has 0 unspecified atom stereocenters. The SMILES string of the molecule is O=C1CN(C(=O)c2cc3cccc(Br)c3o2)c2ccccc2N1. The first-order valence-corrected chi connectivity index (χ1v) is 7.81.